The molecule has 0 aromatic carbocycles. The number of ether oxygens (including phenoxy) is 1. The van der Waals surface area contributed by atoms with Crippen LogP contribution in [-0.4, -0.2) is 28.8 Å². The molecule has 0 aliphatic heterocycles. The number of rotatable bonds is 4. The van der Waals surface area contributed by atoms with Crippen LogP contribution in [0.2, 0.25) is 0 Å². The lowest BCUT2D eigenvalue weighted by atomic mass is 9.91. The van der Waals surface area contributed by atoms with Gasteiger partial charge in [-0.25, -0.2) is 4.79 Å². The van der Waals surface area contributed by atoms with Crippen molar-refractivity contribution in [2.45, 2.75) is 77.5 Å². The first-order valence-electron chi connectivity index (χ1n) is 8.56. The molecule has 1 aromatic rings. The number of anilines is 1. The number of carbonyl (C=O) groups excluding carboxylic acids is 1. The molecule has 23 heavy (non-hydrogen) atoms. The highest BCUT2D eigenvalue weighted by molar-refractivity contribution is 5.68. The van der Waals surface area contributed by atoms with E-state index in [1.807, 2.05) is 27.0 Å². The predicted molar refractivity (Wildman–Crippen MR) is 92.7 cm³/mol. The van der Waals surface area contributed by atoms with Crippen molar-refractivity contribution < 1.29 is 9.53 Å². The maximum absolute atomic E-state index is 11.8. The Morgan fingerprint density at radius 1 is 1.22 bits per heavy atom. The Kier molecular flexibility index (Phi) is 5.85. The Morgan fingerprint density at radius 2 is 1.87 bits per heavy atom. The van der Waals surface area contributed by atoms with Crippen LogP contribution in [0.15, 0.2) is 18.3 Å². The molecule has 0 radical (unpaired) electrons. The van der Waals surface area contributed by atoms with Crippen LogP contribution in [0.4, 0.5) is 10.5 Å². The number of hydrogen-bond donors (Lipinski definition) is 2. The van der Waals surface area contributed by atoms with Crippen molar-refractivity contribution in [2.24, 2.45) is 0 Å². The van der Waals surface area contributed by atoms with E-state index in [0.717, 1.165) is 43.5 Å². The molecular weight excluding hydrogens is 290 g/mol. The van der Waals surface area contributed by atoms with Crippen LogP contribution in [0, 0.1) is 0 Å². The van der Waals surface area contributed by atoms with Crippen LogP contribution in [0.3, 0.4) is 0 Å². The second kappa shape index (κ2) is 7.66. The minimum Gasteiger partial charge on any atom is -0.444 e. The molecule has 0 unspecified atom stereocenters. The average molecular weight is 319 g/mol. The third-order valence-corrected chi connectivity index (χ3v) is 4.01. The van der Waals surface area contributed by atoms with E-state index in [0.29, 0.717) is 6.04 Å². The van der Waals surface area contributed by atoms with Crippen LogP contribution >= 0.6 is 0 Å². The highest BCUT2D eigenvalue weighted by Crippen LogP contribution is 2.22. The Bertz CT molecular complexity index is 500. The predicted octanol–water partition coefficient (Wildman–Crippen LogP) is 3.89. The molecule has 5 nitrogen and oxygen atoms in total. The number of hydrogen-bond acceptors (Lipinski definition) is 4. The summed E-state index contributed by atoms with van der Waals surface area (Å²) >= 11 is 0. The minimum absolute atomic E-state index is 0.212. The summed E-state index contributed by atoms with van der Waals surface area (Å²) in [6, 6.07) is 4.82. The molecule has 1 saturated carbocycles. The summed E-state index contributed by atoms with van der Waals surface area (Å²) in [5.74, 6) is 0. The first kappa shape index (κ1) is 17.6. The van der Waals surface area contributed by atoms with Crippen LogP contribution in [0.1, 0.15) is 59.1 Å². The van der Waals surface area contributed by atoms with Crippen LogP contribution in [-0.2, 0) is 11.2 Å². The average Bonchev–Trinajstić information content (AvgIpc) is 2.48. The number of pyridine rings is 1. The van der Waals surface area contributed by atoms with Crippen molar-refractivity contribution in [1.29, 1.82) is 0 Å². The topological polar surface area (TPSA) is 63.2 Å². The number of amides is 1. The normalized spacial score (nSPS) is 21.6. The van der Waals surface area contributed by atoms with Gasteiger partial charge in [-0.3, -0.25) is 4.98 Å². The molecule has 1 fully saturated rings. The standard InChI is InChI=1S/C18H29N3O2/c1-5-13-6-11-16(12-19-13)20-14-7-9-15(10-8-14)21-17(22)23-18(2,3)4/h6,11-12,14-15,20H,5,7-10H2,1-4H3,(H,21,22). The summed E-state index contributed by atoms with van der Waals surface area (Å²) in [5.41, 5.74) is 1.74. The zero-order valence-electron chi connectivity index (χ0n) is 14.7. The molecule has 1 aliphatic carbocycles. The van der Waals surface area contributed by atoms with Gasteiger partial charge in [0.1, 0.15) is 5.60 Å². The van der Waals surface area contributed by atoms with Gasteiger partial charge in [0, 0.05) is 17.8 Å². The highest BCUT2D eigenvalue weighted by atomic mass is 16.6. The van der Waals surface area contributed by atoms with Crippen molar-refractivity contribution in [2.75, 3.05) is 5.32 Å². The molecule has 0 saturated heterocycles. The summed E-state index contributed by atoms with van der Waals surface area (Å²) in [5, 5.41) is 6.51. The van der Waals surface area contributed by atoms with Gasteiger partial charge in [-0.2, -0.15) is 0 Å². The summed E-state index contributed by atoms with van der Waals surface area (Å²) in [4.78, 5) is 16.2. The van der Waals surface area contributed by atoms with Crippen molar-refractivity contribution in [3.8, 4) is 0 Å². The summed E-state index contributed by atoms with van der Waals surface area (Å²) in [6.45, 7) is 7.75. The number of carbonyl (C=O) groups is 1. The molecule has 0 bridgehead atoms. The van der Waals surface area contributed by atoms with Crippen LogP contribution < -0.4 is 10.6 Å². The second-order valence-corrected chi connectivity index (χ2v) is 7.23. The van der Waals surface area contributed by atoms with Crippen LogP contribution in [0.25, 0.3) is 0 Å². The second-order valence-electron chi connectivity index (χ2n) is 7.23. The van der Waals surface area contributed by atoms with E-state index in [9.17, 15) is 4.79 Å². The number of alkyl carbamates (subject to hydrolysis) is 1. The van der Waals surface area contributed by atoms with Gasteiger partial charge in [-0.05, 0) is 65.0 Å². The van der Waals surface area contributed by atoms with Crippen LogP contribution in [0.5, 0.6) is 0 Å². The first-order valence-corrected chi connectivity index (χ1v) is 8.56. The quantitative estimate of drug-likeness (QED) is 0.883. The Labute approximate surface area is 139 Å². The monoisotopic (exact) mass is 319 g/mol. The van der Waals surface area contributed by atoms with Crippen molar-refractivity contribution in [1.82, 2.24) is 10.3 Å². The van der Waals surface area contributed by atoms with E-state index < -0.39 is 5.60 Å². The fraction of sp³-hybridized carbons (Fsp3) is 0.667. The SMILES string of the molecule is CCc1ccc(NC2CCC(NC(=O)OC(C)(C)C)CC2)cn1. The van der Waals surface area contributed by atoms with E-state index in [4.69, 9.17) is 4.74 Å². The summed E-state index contributed by atoms with van der Waals surface area (Å²) < 4.78 is 5.31. The van der Waals surface area contributed by atoms with Crippen molar-refractivity contribution in [3.05, 3.63) is 24.0 Å². The van der Waals surface area contributed by atoms with Gasteiger partial charge in [0.15, 0.2) is 0 Å². The van der Waals surface area contributed by atoms with E-state index in [2.05, 4.69) is 34.7 Å². The Hall–Kier alpha value is -1.78. The molecule has 1 aliphatic rings. The lowest BCUT2D eigenvalue weighted by Gasteiger charge is -2.31. The van der Waals surface area contributed by atoms with Gasteiger partial charge in [0.05, 0.1) is 11.9 Å². The highest BCUT2D eigenvalue weighted by Gasteiger charge is 2.24. The largest absolute Gasteiger partial charge is 0.444 e. The Balaban J connectivity index is 1.74. The molecule has 1 heterocycles. The minimum atomic E-state index is -0.444. The summed E-state index contributed by atoms with van der Waals surface area (Å²) in [7, 11) is 0. The number of nitrogens with zero attached hydrogens (tertiary/aromatic N) is 1. The fourth-order valence-corrected chi connectivity index (χ4v) is 2.81. The Morgan fingerprint density at radius 3 is 2.39 bits per heavy atom. The third kappa shape index (κ3) is 6.08. The fourth-order valence-electron chi connectivity index (χ4n) is 2.81. The maximum atomic E-state index is 11.8. The molecule has 5 heteroatoms. The van der Waals surface area contributed by atoms with Crippen molar-refractivity contribution >= 4 is 11.8 Å². The molecule has 2 N–H and O–H groups in total. The maximum Gasteiger partial charge on any atom is 0.407 e. The molecule has 0 atom stereocenters. The van der Waals surface area contributed by atoms with Gasteiger partial charge in [-0.15, -0.1) is 0 Å². The lowest BCUT2D eigenvalue weighted by molar-refractivity contribution is 0.0492. The van der Waals surface area contributed by atoms with Gasteiger partial charge in [0.25, 0.3) is 0 Å². The zero-order chi connectivity index (χ0) is 16.9. The van der Waals surface area contributed by atoms with E-state index in [1.54, 1.807) is 0 Å². The number of aryl methyl sites for hydroxylation is 1. The lowest BCUT2D eigenvalue weighted by Crippen LogP contribution is -2.42. The number of aromatic nitrogens is 1. The van der Waals surface area contributed by atoms with Gasteiger partial charge in [-0.1, -0.05) is 6.92 Å². The van der Waals surface area contributed by atoms with E-state index in [-0.39, 0.29) is 12.1 Å². The summed E-state index contributed by atoms with van der Waals surface area (Å²) in [6.07, 6.45) is 6.57. The van der Waals surface area contributed by atoms with Gasteiger partial charge in [0.2, 0.25) is 0 Å². The third-order valence-electron chi connectivity index (χ3n) is 4.01. The molecule has 0 spiro atoms. The van der Waals surface area contributed by atoms with Crippen molar-refractivity contribution in [3.63, 3.8) is 0 Å². The molecule has 1 aromatic heterocycles. The first-order chi connectivity index (χ1) is 10.9. The smallest absolute Gasteiger partial charge is 0.407 e. The molecule has 2 rings (SSSR count). The molecular formula is C18H29N3O2. The van der Waals surface area contributed by atoms with E-state index >= 15 is 0 Å². The van der Waals surface area contributed by atoms with E-state index in [1.165, 1.54) is 0 Å². The van der Waals surface area contributed by atoms with Gasteiger partial charge < -0.3 is 15.4 Å². The van der Waals surface area contributed by atoms with Gasteiger partial charge >= 0.3 is 6.09 Å². The number of nitrogens with one attached hydrogen (secondary N) is 2. The zero-order valence-corrected chi connectivity index (χ0v) is 14.7. The molecule has 1 amide bonds. The molecule has 128 valence electrons.